The number of allylic oxidation sites excluding steroid dienone is 1. The molecule has 0 radical (unpaired) electrons. The van der Waals surface area contributed by atoms with Gasteiger partial charge in [-0.05, 0) is 32.9 Å². The highest BCUT2D eigenvalue weighted by atomic mass is 16.6. The number of ether oxygens (including phenoxy) is 2. The molecule has 1 rings (SSSR count). The fourth-order valence-corrected chi connectivity index (χ4v) is 1.32. The predicted molar refractivity (Wildman–Crippen MR) is 79.7 cm³/mol. The lowest BCUT2D eigenvalue weighted by Gasteiger charge is -2.05. The molecule has 0 unspecified atom stereocenters. The van der Waals surface area contributed by atoms with Gasteiger partial charge in [-0.2, -0.15) is 0 Å². The van der Waals surface area contributed by atoms with Crippen LogP contribution in [-0.4, -0.2) is 36.2 Å². The molecule has 1 aromatic heterocycles. The van der Waals surface area contributed by atoms with E-state index in [1.165, 1.54) is 18.3 Å². The molecule has 0 aliphatic rings. The third kappa shape index (κ3) is 4.69. The van der Waals surface area contributed by atoms with E-state index < -0.39 is 11.8 Å². The molecule has 0 saturated heterocycles. The molecule has 0 bridgehead atoms. The third-order valence-electron chi connectivity index (χ3n) is 2.65. The quantitative estimate of drug-likeness (QED) is 0.191. The van der Waals surface area contributed by atoms with E-state index in [0.717, 1.165) is 12.7 Å². The van der Waals surface area contributed by atoms with Crippen LogP contribution in [0.3, 0.4) is 0 Å². The van der Waals surface area contributed by atoms with Gasteiger partial charge in [-0.25, -0.2) is 9.78 Å². The maximum absolute atomic E-state index is 11.8. The first kappa shape index (κ1) is 17.4. The number of carbonyl (C=O) groups is 2. The number of nitrogens with zero attached hydrogens (tertiary/aromatic N) is 2. The summed E-state index contributed by atoms with van der Waals surface area (Å²) in [6.07, 6.45) is 2.98. The average Bonchev–Trinajstić information content (AvgIpc) is 2.56. The molecule has 0 aromatic carbocycles. The Morgan fingerprint density at radius 3 is 2.73 bits per heavy atom. The maximum Gasteiger partial charge on any atom is 0.379 e. The Labute approximate surface area is 128 Å². The number of rotatable bonds is 7. The lowest BCUT2D eigenvalue weighted by atomic mass is 10.2. The molecule has 0 saturated carbocycles. The number of esters is 1. The first-order chi connectivity index (χ1) is 10.5. The average molecular weight is 306 g/mol. The number of methoxy groups -OCH3 is 1. The molecular weight excluding hydrogens is 288 g/mol. The van der Waals surface area contributed by atoms with Gasteiger partial charge in [0, 0.05) is 11.8 Å². The molecule has 0 aliphatic carbocycles. The number of pyridine rings is 1. The van der Waals surface area contributed by atoms with Crippen molar-refractivity contribution in [2.75, 3.05) is 13.7 Å². The Morgan fingerprint density at radius 2 is 2.09 bits per heavy atom. The Morgan fingerprint density at radius 1 is 1.36 bits per heavy atom. The zero-order valence-electron chi connectivity index (χ0n) is 13.0. The van der Waals surface area contributed by atoms with Gasteiger partial charge >= 0.3 is 5.97 Å². The van der Waals surface area contributed by atoms with E-state index >= 15 is 0 Å². The highest BCUT2D eigenvalue weighted by Gasteiger charge is 2.22. The van der Waals surface area contributed by atoms with Crippen molar-refractivity contribution in [2.45, 2.75) is 20.8 Å². The van der Waals surface area contributed by atoms with Crippen molar-refractivity contribution in [1.82, 2.24) is 4.98 Å². The highest BCUT2D eigenvalue weighted by molar-refractivity contribution is 6.41. The van der Waals surface area contributed by atoms with E-state index in [0.29, 0.717) is 12.3 Å². The summed E-state index contributed by atoms with van der Waals surface area (Å²) in [7, 11) is 1.13. The largest absolute Gasteiger partial charge is 0.501 e. The van der Waals surface area contributed by atoms with Gasteiger partial charge < -0.3 is 14.3 Å². The van der Waals surface area contributed by atoms with Crippen LogP contribution in [-0.2, 0) is 14.3 Å². The van der Waals surface area contributed by atoms with Gasteiger partial charge in [0.15, 0.2) is 0 Å². The molecule has 7 heteroatoms. The Kier molecular flexibility index (Phi) is 6.75. The Bertz CT molecular complexity index is 608. The summed E-state index contributed by atoms with van der Waals surface area (Å²) in [6, 6.07) is 2.93. The van der Waals surface area contributed by atoms with E-state index in [2.05, 4.69) is 14.9 Å². The second-order valence-electron chi connectivity index (χ2n) is 4.20. The van der Waals surface area contributed by atoms with Crippen LogP contribution in [0.2, 0.25) is 0 Å². The summed E-state index contributed by atoms with van der Waals surface area (Å²) in [6.45, 7) is 5.93. The van der Waals surface area contributed by atoms with Gasteiger partial charge in [0.2, 0.25) is 0 Å². The highest BCUT2D eigenvalue weighted by Crippen LogP contribution is 2.16. The smallest absolute Gasteiger partial charge is 0.379 e. The third-order valence-corrected chi connectivity index (χ3v) is 2.65. The van der Waals surface area contributed by atoms with Crippen molar-refractivity contribution < 1.29 is 23.9 Å². The van der Waals surface area contributed by atoms with Gasteiger partial charge in [-0.15, -0.1) is 0 Å². The fourth-order valence-electron chi connectivity index (χ4n) is 1.32. The number of Topliss-reactive ketones (excluding diaryl/α,β-unsaturated/α-hetero) is 1. The minimum absolute atomic E-state index is 0.0164. The lowest BCUT2D eigenvalue weighted by Crippen LogP contribution is -2.17. The molecular formula is C15H18N2O5. The standard InChI is InChI=1S/C15H18N2O5/c1-5-21-9-10(2)11(3)17-22-14-12(7-6-8-16-14)13(18)15(19)20-4/h6-9H,5H2,1-4H3/b10-9+,17-11+. The van der Waals surface area contributed by atoms with Crippen LogP contribution in [0.15, 0.2) is 35.3 Å². The summed E-state index contributed by atoms with van der Waals surface area (Å²) in [5, 5.41) is 3.88. The molecule has 22 heavy (non-hydrogen) atoms. The molecule has 1 aromatic rings. The van der Waals surface area contributed by atoms with Crippen molar-refractivity contribution in [2.24, 2.45) is 5.16 Å². The predicted octanol–water partition coefficient (Wildman–Crippen LogP) is 2.13. The first-order valence-corrected chi connectivity index (χ1v) is 6.59. The molecule has 118 valence electrons. The van der Waals surface area contributed by atoms with E-state index in [1.807, 2.05) is 6.92 Å². The SMILES string of the molecule is CCO/C=C(C)/C(C)=N/Oc1ncccc1C(=O)C(=O)OC. The first-order valence-electron chi connectivity index (χ1n) is 6.59. The topological polar surface area (TPSA) is 87.1 Å². The summed E-state index contributed by atoms with van der Waals surface area (Å²) in [5.74, 6) is -1.91. The zero-order valence-corrected chi connectivity index (χ0v) is 13.0. The second-order valence-corrected chi connectivity index (χ2v) is 4.20. The number of carbonyl (C=O) groups excluding carboxylic acids is 2. The van der Waals surface area contributed by atoms with Gasteiger partial charge in [0.25, 0.3) is 11.7 Å². The molecule has 0 spiro atoms. The van der Waals surface area contributed by atoms with E-state index in [4.69, 9.17) is 9.57 Å². The maximum atomic E-state index is 11.8. The summed E-state index contributed by atoms with van der Waals surface area (Å²) < 4.78 is 9.54. The summed E-state index contributed by atoms with van der Waals surface area (Å²) in [4.78, 5) is 32.2. The van der Waals surface area contributed by atoms with Gasteiger partial charge in [-0.3, -0.25) is 4.79 Å². The Hall–Kier alpha value is -2.70. The second kappa shape index (κ2) is 8.56. The number of aromatic nitrogens is 1. The monoisotopic (exact) mass is 306 g/mol. The minimum atomic E-state index is -0.994. The van der Waals surface area contributed by atoms with Crippen molar-refractivity contribution in [3.63, 3.8) is 0 Å². The van der Waals surface area contributed by atoms with Crippen LogP contribution in [0.5, 0.6) is 5.88 Å². The number of hydrogen-bond donors (Lipinski definition) is 0. The Balaban J connectivity index is 2.95. The van der Waals surface area contributed by atoms with Crippen LogP contribution in [0.4, 0.5) is 0 Å². The van der Waals surface area contributed by atoms with Crippen molar-refractivity contribution in [1.29, 1.82) is 0 Å². The fraction of sp³-hybridized carbons (Fsp3) is 0.333. The molecule has 7 nitrogen and oxygen atoms in total. The van der Waals surface area contributed by atoms with E-state index in [-0.39, 0.29) is 11.4 Å². The van der Waals surface area contributed by atoms with Crippen LogP contribution in [0.1, 0.15) is 31.1 Å². The number of oxime groups is 1. The van der Waals surface area contributed by atoms with Gasteiger partial charge in [0.1, 0.15) is 0 Å². The van der Waals surface area contributed by atoms with Crippen molar-refractivity contribution in [3.8, 4) is 5.88 Å². The van der Waals surface area contributed by atoms with Crippen LogP contribution < -0.4 is 4.84 Å². The van der Waals surface area contributed by atoms with Crippen LogP contribution >= 0.6 is 0 Å². The summed E-state index contributed by atoms with van der Waals surface area (Å²) >= 11 is 0. The van der Waals surface area contributed by atoms with Crippen molar-refractivity contribution in [3.05, 3.63) is 35.7 Å². The molecule has 0 N–H and O–H groups in total. The number of hydrogen-bond acceptors (Lipinski definition) is 7. The summed E-state index contributed by atoms with van der Waals surface area (Å²) in [5.41, 5.74) is 1.30. The van der Waals surface area contributed by atoms with E-state index in [9.17, 15) is 9.59 Å². The zero-order chi connectivity index (χ0) is 16.5. The molecule has 0 amide bonds. The molecule has 1 heterocycles. The molecule has 0 atom stereocenters. The normalized spacial score (nSPS) is 11.8. The van der Waals surface area contributed by atoms with Gasteiger partial charge in [-0.1, -0.05) is 5.16 Å². The lowest BCUT2D eigenvalue weighted by molar-refractivity contribution is -0.135. The van der Waals surface area contributed by atoms with Crippen LogP contribution in [0.25, 0.3) is 0 Å². The van der Waals surface area contributed by atoms with Gasteiger partial charge in [0.05, 0.1) is 31.3 Å². The van der Waals surface area contributed by atoms with Crippen molar-refractivity contribution >= 4 is 17.5 Å². The van der Waals surface area contributed by atoms with Crippen LogP contribution in [0, 0.1) is 0 Å². The molecule has 0 aliphatic heterocycles. The van der Waals surface area contributed by atoms with E-state index in [1.54, 1.807) is 20.1 Å². The minimum Gasteiger partial charge on any atom is -0.501 e. The molecule has 0 fully saturated rings. The number of ketones is 1.